The summed E-state index contributed by atoms with van der Waals surface area (Å²) in [6.45, 7) is 1.98. The fourth-order valence-electron chi connectivity index (χ4n) is 2.63. The fraction of sp³-hybridized carbons (Fsp3) is 0.571. The number of rotatable bonds is 3. The molecule has 0 aromatic heterocycles. The number of hydrogen-bond donors (Lipinski definition) is 2. The van der Waals surface area contributed by atoms with Crippen molar-refractivity contribution in [2.75, 3.05) is 6.61 Å². The SMILES string of the molecule is C[C@](N)(CO)C[C@@H]1CCCc2c[c-]ccc21.[Re]. The summed E-state index contributed by atoms with van der Waals surface area (Å²) in [5.41, 5.74) is 8.41. The van der Waals surface area contributed by atoms with Crippen LogP contribution in [0.15, 0.2) is 18.2 Å². The van der Waals surface area contributed by atoms with Crippen LogP contribution in [0.1, 0.15) is 43.2 Å². The van der Waals surface area contributed by atoms with E-state index in [9.17, 15) is 5.11 Å². The molecule has 2 nitrogen and oxygen atoms in total. The van der Waals surface area contributed by atoms with Gasteiger partial charge in [-0.15, -0.1) is 0 Å². The van der Waals surface area contributed by atoms with Crippen molar-refractivity contribution < 1.29 is 25.5 Å². The van der Waals surface area contributed by atoms with Crippen LogP contribution in [-0.2, 0) is 26.8 Å². The second-order valence-electron chi connectivity index (χ2n) is 5.23. The summed E-state index contributed by atoms with van der Waals surface area (Å²) < 4.78 is 0. The van der Waals surface area contributed by atoms with Crippen molar-refractivity contribution in [2.45, 2.75) is 44.1 Å². The van der Waals surface area contributed by atoms with Gasteiger partial charge < -0.3 is 10.8 Å². The number of aryl methyl sites for hydroxylation is 1. The Bertz CT molecular complexity index is 365. The van der Waals surface area contributed by atoms with E-state index in [2.05, 4.69) is 18.2 Å². The van der Waals surface area contributed by atoms with Crippen LogP contribution in [0.25, 0.3) is 0 Å². The smallest absolute Gasteiger partial charge is 0.0608 e. The van der Waals surface area contributed by atoms with Gasteiger partial charge in [0.2, 0.25) is 0 Å². The summed E-state index contributed by atoms with van der Waals surface area (Å²) in [7, 11) is 0. The normalized spacial score (nSPS) is 22.2. The van der Waals surface area contributed by atoms with Gasteiger partial charge >= 0.3 is 0 Å². The molecule has 1 aliphatic carbocycles. The predicted molar refractivity (Wildman–Crippen MR) is 65.3 cm³/mol. The van der Waals surface area contributed by atoms with Gasteiger partial charge in [0.1, 0.15) is 0 Å². The Morgan fingerprint density at radius 3 is 3.06 bits per heavy atom. The van der Waals surface area contributed by atoms with Crippen LogP contribution in [0.5, 0.6) is 0 Å². The molecule has 0 saturated heterocycles. The van der Waals surface area contributed by atoms with Crippen LogP contribution >= 0.6 is 0 Å². The maximum absolute atomic E-state index is 9.24. The van der Waals surface area contributed by atoms with Gasteiger partial charge in [0.05, 0.1) is 6.61 Å². The Balaban J connectivity index is 0.00000144. The minimum absolute atomic E-state index is 0. The van der Waals surface area contributed by atoms with E-state index >= 15 is 0 Å². The Morgan fingerprint density at radius 1 is 1.59 bits per heavy atom. The topological polar surface area (TPSA) is 46.2 Å². The molecule has 0 heterocycles. The molecule has 0 aliphatic heterocycles. The van der Waals surface area contributed by atoms with E-state index in [-0.39, 0.29) is 27.0 Å². The minimum atomic E-state index is -0.459. The first-order valence-electron chi connectivity index (χ1n) is 6.01. The van der Waals surface area contributed by atoms with Crippen LogP contribution in [0.2, 0.25) is 0 Å². The van der Waals surface area contributed by atoms with Gasteiger partial charge in [-0.25, -0.2) is 0 Å². The van der Waals surface area contributed by atoms with Crippen molar-refractivity contribution in [1.82, 2.24) is 0 Å². The van der Waals surface area contributed by atoms with Gasteiger partial charge in [0, 0.05) is 26.0 Å². The van der Waals surface area contributed by atoms with Gasteiger partial charge in [-0.1, -0.05) is 12.8 Å². The average molecular weight is 405 g/mol. The summed E-state index contributed by atoms with van der Waals surface area (Å²) in [5.74, 6) is 0.500. The summed E-state index contributed by atoms with van der Waals surface area (Å²) in [6, 6.07) is 9.36. The summed E-state index contributed by atoms with van der Waals surface area (Å²) in [5, 5.41) is 9.24. The molecule has 0 spiro atoms. The molecular formula is C14H20NORe-. The van der Waals surface area contributed by atoms with E-state index in [0.29, 0.717) is 5.92 Å². The van der Waals surface area contributed by atoms with Crippen molar-refractivity contribution in [3.8, 4) is 0 Å². The van der Waals surface area contributed by atoms with Crippen LogP contribution in [0.3, 0.4) is 0 Å². The van der Waals surface area contributed by atoms with Crippen molar-refractivity contribution in [2.24, 2.45) is 5.73 Å². The van der Waals surface area contributed by atoms with E-state index < -0.39 is 5.54 Å². The summed E-state index contributed by atoms with van der Waals surface area (Å²) in [6.07, 6.45) is 4.42. The maximum atomic E-state index is 9.24. The van der Waals surface area contributed by atoms with Crippen LogP contribution in [0, 0.1) is 6.07 Å². The van der Waals surface area contributed by atoms with Crippen LogP contribution in [0.4, 0.5) is 0 Å². The third-order valence-electron chi connectivity index (χ3n) is 3.50. The van der Waals surface area contributed by atoms with Crippen molar-refractivity contribution in [3.05, 3.63) is 35.4 Å². The molecule has 1 radical (unpaired) electrons. The van der Waals surface area contributed by atoms with E-state index in [0.717, 1.165) is 12.8 Å². The van der Waals surface area contributed by atoms with Gasteiger partial charge in [-0.3, -0.25) is 0 Å². The Labute approximate surface area is 117 Å². The second kappa shape index (κ2) is 6.11. The fourth-order valence-corrected chi connectivity index (χ4v) is 2.63. The Morgan fingerprint density at radius 2 is 2.35 bits per heavy atom. The number of nitrogens with two attached hydrogens (primary N) is 1. The molecule has 0 unspecified atom stereocenters. The molecule has 2 atom stereocenters. The predicted octanol–water partition coefficient (Wildman–Crippen LogP) is 2.00. The quantitative estimate of drug-likeness (QED) is 0.757. The summed E-state index contributed by atoms with van der Waals surface area (Å²) in [4.78, 5) is 0. The third kappa shape index (κ3) is 3.63. The first kappa shape index (κ1) is 14.9. The largest absolute Gasteiger partial charge is 0.394 e. The summed E-state index contributed by atoms with van der Waals surface area (Å²) >= 11 is 0. The van der Waals surface area contributed by atoms with E-state index in [1.807, 2.05) is 13.0 Å². The molecule has 95 valence electrons. The Kier molecular flexibility index (Phi) is 5.34. The molecule has 0 bridgehead atoms. The number of hydrogen-bond acceptors (Lipinski definition) is 2. The van der Waals surface area contributed by atoms with E-state index in [1.165, 1.54) is 24.0 Å². The number of aliphatic hydroxyl groups excluding tert-OH is 1. The monoisotopic (exact) mass is 405 g/mol. The van der Waals surface area contributed by atoms with Crippen molar-refractivity contribution in [3.63, 3.8) is 0 Å². The van der Waals surface area contributed by atoms with Gasteiger partial charge in [-0.05, 0) is 25.7 Å². The zero-order valence-electron chi connectivity index (χ0n) is 10.2. The number of aliphatic hydroxyl groups is 1. The van der Waals surface area contributed by atoms with Crippen LogP contribution in [-0.4, -0.2) is 17.3 Å². The Hall–Kier alpha value is -0.198. The first-order chi connectivity index (χ1) is 7.62. The molecule has 2 rings (SSSR count). The molecule has 1 aromatic rings. The molecule has 0 saturated carbocycles. The molecule has 1 aliphatic rings. The van der Waals surface area contributed by atoms with Crippen molar-refractivity contribution in [1.29, 1.82) is 0 Å². The first-order valence-corrected chi connectivity index (χ1v) is 6.01. The average Bonchev–Trinajstić information content (AvgIpc) is 2.29. The molecule has 17 heavy (non-hydrogen) atoms. The second-order valence-corrected chi connectivity index (χ2v) is 5.23. The molecule has 0 fully saturated rings. The number of benzene rings is 1. The standard InChI is InChI=1S/C14H20NO.Re/c1-14(15,10-16)9-12-7-4-6-11-5-2-3-8-13(11)12;/h3,5,8,12,16H,4,6-7,9-10,15H2,1H3;/q-1;/t12-,14+;/m0./s1. The number of fused-ring (bicyclic) bond motifs is 1. The molecule has 1 aromatic carbocycles. The van der Waals surface area contributed by atoms with Crippen LogP contribution < -0.4 is 5.73 Å². The van der Waals surface area contributed by atoms with Crippen molar-refractivity contribution >= 4 is 0 Å². The van der Waals surface area contributed by atoms with E-state index in [4.69, 9.17) is 5.73 Å². The third-order valence-corrected chi connectivity index (χ3v) is 3.50. The van der Waals surface area contributed by atoms with Gasteiger partial charge in [0.25, 0.3) is 0 Å². The van der Waals surface area contributed by atoms with E-state index in [1.54, 1.807) is 0 Å². The van der Waals surface area contributed by atoms with Gasteiger partial charge in [0.15, 0.2) is 0 Å². The van der Waals surface area contributed by atoms with Gasteiger partial charge in [-0.2, -0.15) is 35.4 Å². The molecule has 3 N–H and O–H groups in total. The molecular weight excluding hydrogens is 384 g/mol. The zero-order chi connectivity index (χ0) is 11.6. The molecule has 3 heteroatoms. The zero-order valence-corrected chi connectivity index (χ0v) is 13.0. The minimum Gasteiger partial charge on any atom is -0.394 e. The maximum Gasteiger partial charge on any atom is 0.0608 e. The molecule has 0 amide bonds.